The summed E-state index contributed by atoms with van der Waals surface area (Å²) in [6.45, 7) is 1.28. The van der Waals surface area contributed by atoms with E-state index in [1.807, 2.05) is 30.3 Å². The predicted octanol–water partition coefficient (Wildman–Crippen LogP) is 1.14. The van der Waals surface area contributed by atoms with E-state index < -0.39 is 10.0 Å². The molecule has 3 heterocycles. The Kier molecular flexibility index (Phi) is 3.50. The van der Waals surface area contributed by atoms with Crippen LogP contribution in [0.4, 0.5) is 5.69 Å². The van der Waals surface area contributed by atoms with Gasteiger partial charge < -0.3 is 4.90 Å². The van der Waals surface area contributed by atoms with Crippen LogP contribution in [0.15, 0.2) is 53.8 Å². The summed E-state index contributed by atoms with van der Waals surface area (Å²) in [4.78, 5) is 6.10. The lowest BCUT2D eigenvalue weighted by Crippen LogP contribution is -2.59. The van der Waals surface area contributed by atoms with Gasteiger partial charge in [-0.05, 0) is 24.3 Å². The van der Waals surface area contributed by atoms with Gasteiger partial charge in [-0.2, -0.15) is 5.10 Å². The van der Waals surface area contributed by atoms with Gasteiger partial charge in [0.1, 0.15) is 0 Å². The Labute approximate surface area is 140 Å². The van der Waals surface area contributed by atoms with Crippen LogP contribution in [0.25, 0.3) is 10.9 Å². The zero-order chi connectivity index (χ0) is 16.7. The van der Waals surface area contributed by atoms with E-state index in [-0.39, 0.29) is 11.1 Å². The fraction of sp³-hybridized carbons (Fsp3) is 0.250. The highest BCUT2D eigenvalue weighted by molar-refractivity contribution is 7.89. The van der Waals surface area contributed by atoms with Crippen molar-refractivity contribution in [3.63, 3.8) is 0 Å². The average Bonchev–Trinajstić information content (AvgIpc) is 2.88. The highest BCUT2D eigenvalue weighted by Crippen LogP contribution is 2.24. The van der Waals surface area contributed by atoms with Crippen molar-refractivity contribution in [2.24, 2.45) is 7.05 Å². The minimum absolute atomic E-state index is 0.114. The first-order chi connectivity index (χ1) is 11.5. The molecule has 1 N–H and O–H groups in total. The molecule has 0 bridgehead atoms. The van der Waals surface area contributed by atoms with E-state index in [1.165, 1.54) is 4.68 Å². The van der Waals surface area contributed by atoms with Crippen LogP contribution in [-0.4, -0.2) is 42.3 Å². The van der Waals surface area contributed by atoms with Gasteiger partial charge in [-0.3, -0.25) is 9.67 Å². The molecule has 0 radical (unpaired) electrons. The Hall–Kier alpha value is -2.45. The van der Waals surface area contributed by atoms with Crippen molar-refractivity contribution in [1.82, 2.24) is 19.5 Å². The number of anilines is 1. The van der Waals surface area contributed by atoms with Crippen molar-refractivity contribution >= 4 is 26.6 Å². The van der Waals surface area contributed by atoms with E-state index in [1.54, 1.807) is 25.5 Å². The highest BCUT2D eigenvalue weighted by Gasteiger charge is 2.33. The van der Waals surface area contributed by atoms with Crippen LogP contribution in [0, 0.1) is 0 Å². The molecular formula is C16H17N5O2S. The molecule has 0 unspecified atom stereocenters. The van der Waals surface area contributed by atoms with Gasteiger partial charge in [0.2, 0.25) is 0 Å². The zero-order valence-electron chi connectivity index (χ0n) is 13.1. The Morgan fingerprint density at radius 2 is 1.83 bits per heavy atom. The lowest BCUT2D eigenvalue weighted by atomic mass is 10.1. The van der Waals surface area contributed by atoms with Crippen LogP contribution in [0.1, 0.15) is 0 Å². The first-order valence-corrected chi connectivity index (χ1v) is 9.12. The molecule has 0 saturated carbocycles. The molecule has 1 fully saturated rings. The maximum absolute atomic E-state index is 12.8. The van der Waals surface area contributed by atoms with Crippen molar-refractivity contribution in [2.45, 2.75) is 11.1 Å². The topological polar surface area (TPSA) is 80.1 Å². The van der Waals surface area contributed by atoms with E-state index >= 15 is 0 Å². The molecule has 0 aliphatic carbocycles. The largest absolute Gasteiger partial charge is 0.368 e. The monoisotopic (exact) mass is 343 g/mol. The molecule has 1 aliphatic rings. The second-order valence-corrected chi connectivity index (χ2v) is 7.50. The summed E-state index contributed by atoms with van der Waals surface area (Å²) in [5, 5.41) is 5.12. The molecule has 4 rings (SSSR count). The molecule has 124 valence electrons. The Morgan fingerprint density at radius 1 is 1.12 bits per heavy atom. The van der Waals surface area contributed by atoms with Crippen LogP contribution < -0.4 is 9.62 Å². The molecule has 3 aromatic rings. The van der Waals surface area contributed by atoms with Crippen LogP contribution in [-0.2, 0) is 17.1 Å². The van der Waals surface area contributed by atoms with E-state index in [0.717, 1.165) is 5.69 Å². The summed E-state index contributed by atoms with van der Waals surface area (Å²) in [7, 11) is -1.98. The van der Waals surface area contributed by atoms with Gasteiger partial charge in [0.05, 0.1) is 11.6 Å². The van der Waals surface area contributed by atoms with Crippen molar-refractivity contribution in [3.05, 3.63) is 48.8 Å². The highest BCUT2D eigenvalue weighted by atomic mass is 32.2. The summed E-state index contributed by atoms with van der Waals surface area (Å²) in [5.41, 5.74) is 1.72. The second kappa shape index (κ2) is 5.57. The number of nitrogens with one attached hydrogen (secondary N) is 1. The van der Waals surface area contributed by atoms with Gasteiger partial charge in [-0.25, -0.2) is 13.1 Å². The molecule has 1 saturated heterocycles. The molecule has 8 heteroatoms. The number of hydrogen-bond acceptors (Lipinski definition) is 5. The van der Waals surface area contributed by atoms with Gasteiger partial charge in [0.15, 0.2) is 5.03 Å². The van der Waals surface area contributed by atoms with Gasteiger partial charge in [-0.1, -0.05) is 12.1 Å². The number of rotatable bonds is 4. The summed E-state index contributed by atoms with van der Waals surface area (Å²) < 4.78 is 29.8. The first-order valence-electron chi connectivity index (χ1n) is 7.64. The number of sulfonamides is 1. The molecule has 0 atom stereocenters. The third-order valence-corrected chi connectivity index (χ3v) is 5.81. The van der Waals surface area contributed by atoms with Gasteiger partial charge in [0, 0.05) is 43.6 Å². The minimum Gasteiger partial charge on any atom is -0.368 e. The SMILES string of the molecule is Cn1nc2ccccc2c1S(=O)(=O)NC1CN(c2ccncc2)C1. The van der Waals surface area contributed by atoms with Crippen LogP contribution in [0.3, 0.4) is 0 Å². The number of nitrogens with zero attached hydrogens (tertiary/aromatic N) is 4. The maximum atomic E-state index is 12.8. The lowest BCUT2D eigenvalue weighted by Gasteiger charge is -2.40. The average molecular weight is 343 g/mol. The number of aryl methyl sites for hydroxylation is 1. The Bertz CT molecular complexity index is 978. The maximum Gasteiger partial charge on any atom is 0.258 e. The van der Waals surface area contributed by atoms with Crippen molar-refractivity contribution < 1.29 is 8.42 Å². The number of fused-ring (bicyclic) bond motifs is 1. The number of hydrogen-bond donors (Lipinski definition) is 1. The summed E-state index contributed by atoms with van der Waals surface area (Å²) >= 11 is 0. The molecule has 7 nitrogen and oxygen atoms in total. The lowest BCUT2D eigenvalue weighted by molar-refractivity contribution is 0.466. The van der Waals surface area contributed by atoms with Crippen LogP contribution >= 0.6 is 0 Å². The van der Waals surface area contributed by atoms with Crippen molar-refractivity contribution in [1.29, 1.82) is 0 Å². The van der Waals surface area contributed by atoms with E-state index in [2.05, 4.69) is 19.7 Å². The Balaban J connectivity index is 1.53. The van der Waals surface area contributed by atoms with Crippen LogP contribution in [0.2, 0.25) is 0 Å². The van der Waals surface area contributed by atoms with Crippen molar-refractivity contribution in [3.8, 4) is 0 Å². The fourth-order valence-corrected chi connectivity index (χ4v) is 4.59. The van der Waals surface area contributed by atoms with Gasteiger partial charge in [0.25, 0.3) is 10.0 Å². The zero-order valence-corrected chi connectivity index (χ0v) is 13.9. The summed E-state index contributed by atoms with van der Waals surface area (Å²) in [5.74, 6) is 0. The number of benzene rings is 1. The summed E-state index contributed by atoms with van der Waals surface area (Å²) in [6.07, 6.45) is 3.46. The van der Waals surface area contributed by atoms with Gasteiger partial charge >= 0.3 is 0 Å². The molecule has 24 heavy (non-hydrogen) atoms. The predicted molar refractivity (Wildman–Crippen MR) is 91.3 cm³/mol. The normalized spacial score (nSPS) is 15.6. The molecule has 1 aromatic carbocycles. The standard InChI is InChI=1S/C16H17N5O2S/c1-20-16(14-4-2-3-5-15(14)18-20)24(22,23)19-12-10-21(11-12)13-6-8-17-9-7-13/h2-9,12,19H,10-11H2,1H3. The van der Waals surface area contributed by atoms with E-state index in [4.69, 9.17) is 0 Å². The first kappa shape index (κ1) is 15.1. The summed E-state index contributed by atoms with van der Waals surface area (Å²) in [6, 6.07) is 11.0. The molecule has 2 aromatic heterocycles. The van der Waals surface area contributed by atoms with Gasteiger partial charge in [-0.15, -0.1) is 0 Å². The molecule has 0 amide bonds. The second-order valence-electron chi connectivity index (χ2n) is 5.87. The smallest absolute Gasteiger partial charge is 0.258 e. The number of aromatic nitrogens is 3. The molecule has 1 aliphatic heterocycles. The third-order valence-electron chi connectivity index (χ3n) is 4.17. The third kappa shape index (κ3) is 2.53. The fourth-order valence-electron chi connectivity index (χ4n) is 3.04. The van der Waals surface area contributed by atoms with Crippen molar-refractivity contribution in [2.75, 3.05) is 18.0 Å². The Morgan fingerprint density at radius 3 is 2.58 bits per heavy atom. The van der Waals surface area contributed by atoms with Crippen LogP contribution in [0.5, 0.6) is 0 Å². The van der Waals surface area contributed by atoms with E-state index in [9.17, 15) is 8.42 Å². The quantitative estimate of drug-likeness (QED) is 0.768. The van der Waals surface area contributed by atoms with E-state index in [0.29, 0.717) is 24.0 Å². The minimum atomic E-state index is -3.63. The molecular weight excluding hydrogens is 326 g/mol. The molecule has 0 spiro atoms. The number of pyridine rings is 1.